The molecule has 7 nitrogen and oxygen atoms in total. The summed E-state index contributed by atoms with van der Waals surface area (Å²) < 4.78 is 6.03. The van der Waals surface area contributed by atoms with Crippen LogP contribution in [0.4, 0.5) is 5.69 Å². The van der Waals surface area contributed by atoms with Crippen LogP contribution >= 0.6 is 11.6 Å². The first-order valence-corrected chi connectivity index (χ1v) is 11.2. The monoisotopic (exact) mass is 479 g/mol. The molecule has 34 heavy (non-hydrogen) atoms. The lowest BCUT2D eigenvalue weighted by molar-refractivity contribution is -0.120. The zero-order valence-corrected chi connectivity index (χ0v) is 19.3. The van der Waals surface area contributed by atoms with Crippen LogP contribution < -0.4 is 20.3 Å². The Kier molecular flexibility index (Phi) is 9.49. The molecule has 176 valence electrons. The van der Waals surface area contributed by atoms with Crippen LogP contribution in [0.15, 0.2) is 78.9 Å². The largest absolute Gasteiger partial charge is 0.455 e. The number of nitrogens with zero attached hydrogens (tertiary/aromatic N) is 1. The van der Waals surface area contributed by atoms with Gasteiger partial charge in [-0.3, -0.25) is 9.59 Å². The van der Waals surface area contributed by atoms with E-state index in [-0.39, 0.29) is 37.9 Å². The first-order chi connectivity index (χ1) is 16.5. The molecule has 0 aliphatic rings. The number of benzene rings is 3. The summed E-state index contributed by atoms with van der Waals surface area (Å²) in [6.07, 6.45) is 0.962. The van der Waals surface area contributed by atoms with Gasteiger partial charge in [-0.2, -0.15) is 0 Å². The van der Waals surface area contributed by atoms with Crippen LogP contribution in [-0.4, -0.2) is 37.7 Å². The minimum Gasteiger partial charge on any atom is -0.455 e. The van der Waals surface area contributed by atoms with Gasteiger partial charge in [0, 0.05) is 24.5 Å². The van der Waals surface area contributed by atoms with Crippen molar-refractivity contribution < 1.29 is 19.1 Å². The van der Waals surface area contributed by atoms with Crippen molar-refractivity contribution in [2.45, 2.75) is 13.0 Å². The third kappa shape index (κ3) is 7.94. The van der Waals surface area contributed by atoms with Crippen LogP contribution in [0, 0.1) is 0 Å². The molecular formula is C26H26ClN3O4. The summed E-state index contributed by atoms with van der Waals surface area (Å²) >= 11 is 6.02. The molecule has 3 rings (SSSR count). The van der Waals surface area contributed by atoms with Crippen LogP contribution in [0.25, 0.3) is 0 Å². The maximum absolute atomic E-state index is 12.8. The molecule has 0 spiro atoms. The van der Waals surface area contributed by atoms with E-state index in [1.54, 1.807) is 29.2 Å². The van der Waals surface area contributed by atoms with Gasteiger partial charge in [0.25, 0.3) is 0 Å². The van der Waals surface area contributed by atoms with Crippen LogP contribution in [0.5, 0.6) is 11.5 Å². The molecule has 0 aromatic heterocycles. The Bertz CT molecular complexity index is 1110. The summed E-state index contributed by atoms with van der Waals surface area (Å²) in [4.78, 5) is 37.5. The number of para-hydroxylation sites is 3. The minimum atomic E-state index is -0.306. The molecule has 0 aliphatic carbocycles. The fraction of sp³-hybridized carbons (Fsp3) is 0.192. The molecule has 0 aliphatic heterocycles. The summed E-state index contributed by atoms with van der Waals surface area (Å²) in [5.41, 5.74) is 1.46. The quantitative estimate of drug-likeness (QED) is 0.303. The van der Waals surface area contributed by atoms with Gasteiger partial charge < -0.3 is 25.1 Å². The third-order valence-corrected chi connectivity index (χ3v) is 5.04. The van der Waals surface area contributed by atoms with E-state index in [9.17, 15) is 14.4 Å². The van der Waals surface area contributed by atoms with Crippen molar-refractivity contribution >= 4 is 35.4 Å². The Labute approximate surface area is 203 Å². The van der Waals surface area contributed by atoms with Gasteiger partial charge in [-0.25, -0.2) is 0 Å². The van der Waals surface area contributed by atoms with Gasteiger partial charge in [-0.05, 0) is 42.0 Å². The number of halogens is 1. The molecule has 8 heteroatoms. The van der Waals surface area contributed by atoms with E-state index < -0.39 is 0 Å². The summed E-state index contributed by atoms with van der Waals surface area (Å²) in [5, 5.41) is 6.14. The van der Waals surface area contributed by atoms with Crippen LogP contribution in [-0.2, 0) is 20.9 Å². The fourth-order valence-electron chi connectivity index (χ4n) is 3.22. The molecule has 0 unspecified atom stereocenters. The van der Waals surface area contributed by atoms with E-state index in [0.717, 1.165) is 11.8 Å². The van der Waals surface area contributed by atoms with E-state index >= 15 is 0 Å². The summed E-state index contributed by atoms with van der Waals surface area (Å²) in [6, 6.07) is 23.7. The molecule has 2 N–H and O–H groups in total. The zero-order chi connectivity index (χ0) is 24.2. The van der Waals surface area contributed by atoms with Gasteiger partial charge in [0.05, 0.1) is 18.8 Å². The third-order valence-electron chi connectivity index (χ3n) is 4.81. The number of hydrogen-bond donors (Lipinski definition) is 2. The SMILES string of the molecule is O=CCCNC(=O)CN(CC(=O)NCc1cccc(Cl)c1)c1ccccc1Oc1ccccc1. The van der Waals surface area contributed by atoms with E-state index in [4.69, 9.17) is 16.3 Å². The first kappa shape index (κ1) is 24.8. The normalized spacial score (nSPS) is 10.3. The second kappa shape index (κ2) is 13.0. The van der Waals surface area contributed by atoms with E-state index in [2.05, 4.69) is 10.6 Å². The molecular weight excluding hydrogens is 454 g/mol. The highest BCUT2D eigenvalue weighted by Crippen LogP contribution is 2.32. The number of nitrogens with one attached hydrogen (secondary N) is 2. The number of anilines is 1. The second-order valence-corrected chi connectivity index (χ2v) is 7.89. The maximum atomic E-state index is 12.8. The number of hydrogen-bond acceptors (Lipinski definition) is 5. The van der Waals surface area contributed by atoms with E-state index in [1.165, 1.54) is 0 Å². The molecule has 0 heterocycles. The van der Waals surface area contributed by atoms with Crippen LogP contribution in [0.3, 0.4) is 0 Å². The predicted molar refractivity (Wildman–Crippen MR) is 132 cm³/mol. The predicted octanol–water partition coefficient (Wildman–Crippen LogP) is 3.96. The van der Waals surface area contributed by atoms with Gasteiger partial charge >= 0.3 is 0 Å². The van der Waals surface area contributed by atoms with Gasteiger partial charge in [0.1, 0.15) is 12.0 Å². The Balaban J connectivity index is 1.76. The van der Waals surface area contributed by atoms with Crippen molar-refractivity contribution in [2.75, 3.05) is 24.5 Å². The average molecular weight is 480 g/mol. The molecule has 0 saturated carbocycles. The highest BCUT2D eigenvalue weighted by molar-refractivity contribution is 6.30. The highest BCUT2D eigenvalue weighted by atomic mass is 35.5. The van der Waals surface area contributed by atoms with Gasteiger partial charge in [0.15, 0.2) is 5.75 Å². The summed E-state index contributed by atoms with van der Waals surface area (Å²) in [5.74, 6) is 0.571. The van der Waals surface area contributed by atoms with Gasteiger partial charge in [-0.15, -0.1) is 0 Å². The van der Waals surface area contributed by atoms with Crippen molar-refractivity contribution in [1.29, 1.82) is 0 Å². The van der Waals surface area contributed by atoms with Gasteiger partial charge in [0.2, 0.25) is 11.8 Å². The smallest absolute Gasteiger partial charge is 0.239 e. The Morgan fingerprint density at radius 1 is 0.882 bits per heavy atom. The Hall–Kier alpha value is -3.84. The molecule has 3 aromatic carbocycles. The van der Waals surface area contributed by atoms with Crippen molar-refractivity contribution in [2.24, 2.45) is 0 Å². The summed E-state index contributed by atoms with van der Waals surface area (Å²) in [7, 11) is 0. The Morgan fingerprint density at radius 3 is 2.32 bits per heavy atom. The van der Waals surface area contributed by atoms with Crippen molar-refractivity contribution in [3.8, 4) is 11.5 Å². The van der Waals surface area contributed by atoms with Crippen molar-refractivity contribution in [1.82, 2.24) is 10.6 Å². The standard InChI is InChI=1S/C26H26ClN3O4/c27-21-9-6-8-20(16-21)17-29-26(33)19-30(18-25(32)28-14-7-15-31)23-12-4-5-13-24(23)34-22-10-2-1-3-11-22/h1-6,8-13,15-16H,7,14,17-19H2,(H,28,32)(H,29,33). The molecule has 0 atom stereocenters. The molecule has 0 saturated heterocycles. The number of aldehydes is 1. The lowest BCUT2D eigenvalue weighted by Gasteiger charge is -2.26. The van der Waals surface area contributed by atoms with Gasteiger partial charge in [-0.1, -0.05) is 54.1 Å². The zero-order valence-electron chi connectivity index (χ0n) is 18.6. The fourth-order valence-corrected chi connectivity index (χ4v) is 3.44. The topological polar surface area (TPSA) is 87.7 Å². The molecule has 2 amide bonds. The average Bonchev–Trinajstić information content (AvgIpc) is 2.84. The lowest BCUT2D eigenvalue weighted by Crippen LogP contribution is -2.43. The number of amides is 2. The number of ether oxygens (including phenoxy) is 1. The van der Waals surface area contributed by atoms with Crippen molar-refractivity contribution in [3.05, 3.63) is 89.4 Å². The molecule has 0 bridgehead atoms. The second-order valence-electron chi connectivity index (χ2n) is 7.45. The molecule has 0 radical (unpaired) electrons. The van der Waals surface area contributed by atoms with Crippen LogP contribution in [0.1, 0.15) is 12.0 Å². The number of carbonyl (C=O) groups excluding carboxylic acids is 3. The number of rotatable bonds is 12. The highest BCUT2D eigenvalue weighted by Gasteiger charge is 2.19. The summed E-state index contributed by atoms with van der Waals surface area (Å²) in [6.45, 7) is 0.385. The van der Waals surface area contributed by atoms with Crippen molar-refractivity contribution in [3.63, 3.8) is 0 Å². The molecule has 3 aromatic rings. The van der Waals surface area contributed by atoms with Crippen LogP contribution in [0.2, 0.25) is 5.02 Å². The van der Waals surface area contributed by atoms with E-state index in [0.29, 0.717) is 28.8 Å². The number of carbonyl (C=O) groups is 3. The maximum Gasteiger partial charge on any atom is 0.239 e. The first-order valence-electron chi connectivity index (χ1n) is 10.8. The minimum absolute atomic E-state index is 0.0726. The molecule has 0 fully saturated rings. The Morgan fingerprint density at radius 2 is 1.59 bits per heavy atom. The lowest BCUT2D eigenvalue weighted by atomic mass is 10.2. The van der Waals surface area contributed by atoms with E-state index in [1.807, 2.05) is 54.6 Å².